The molecule has 0 radical (unpaired) electrons. The minimum atomic E-state index is -0.718. The first-order valence-electron chi connectivity index (χ1n) is 12.3. The van der Waals surface area contributed by atoms with Gasteiger partial charge in [0, 0.05) is 30.5 Å². The number of carbonyl (C=O) groups excluding carboxylic acids is 2. The summed E-state index contributed by atoms with van der Waals surface area (Å²) in [5.74, 6) is -0.210. The normalized spacial score (nSPS) is 26.6. The van der Waals surface area contributed by atoms with E-state index in [0.29, 0.717) is 31.4 Å². The number of amides is 1. The van der Waals surface area contributed by atoms with Crippen LogP contribution in [0.25, 0.3) is 10.8 Å². The highest BCUT2D eigenvalue weighted by Crippen LogP contribution is 2.54. The molecular formula is C29H32N2O4. The van der Waals surface area contributed by atoms with Crippen molar-refractivity contribution < 1.29 is 19.4 Å². The predicted molar refractivity (Wildman–Crippen MR) is 135 cm³/mol. The molecule has 1 aliphatic heterocycles. The van der Waals surface area contributed by atoms with Gasteiger partial charge in [0.25, 0.3) is 5.91 Å². The van der Waals surface area contributed by atoms with Crippen LogP contribution in [0.4, 0.5) is 0 Å². The first-order chi connectivity index (χ1) is 16.8. The summed E-state index contributed by atoms with van der Waals surface area (Å²) in [5.41, 5.74) is 0.361. The van der Waals surface area contributed by atoms with Crippen LogP contribution < -0.4 is 5.32 Å². The lowest BCUT2D eigenvalue weighted by molar-refractivity contribution is -0.185. The number of hydrogen-bond acceptors (Lipinski definition) is 5. The number of phenolic OH excluding ortho intramolecular Hbond substituents is 1. The number of aromatic hydroxyl groups is 1. The fourth-order valence-corrected chi connectivity index (χ4v) is 6.32. The van der Waals surface area contributed by atoms with Crippen molar-refractivity contribution in [2.45, 2.75) is 49.7 Å². The number of hydrogen-bond donors (Lipinski definition) is 2. The number of carbonyl (C=O) groups is 2. The van der Waals surface area contributed by atoms with E-state index in [1.165, 1.54) is 6.92 Å². The number of esters is 1. The number of nitrogens with one attached hydrogen (secondary N) is 1. The first kappa shape index (κ1) is 23.4. The molecule has 35 heavy (non-hydrogen) atoms. The zero-order valence-corrected chi connectivity index (χ0v) is 20.3. The second-order valence-electron chi connectivity index (χ2n) is 10.2. The molecule has 182 valence electrons. The highest BCUT2D eigenvalue weighted by atomic mass is 16.6. The zero-order valence-electron chi connectivity index (χ0n) is 20.3. The van der Waals surface area contributed by atoms with Crippen molar-refractivity contribution in [2.75, 3.05) is 20.1 Å². The van der Waals surface area contributed by atoms with Crippen LogP contribution in [0.15, 0.2) is 66.7 Å². The number of piperidine rings is 1. The van der Waals surface area contributed by atoms with Crippen LogP contribution >= 0.6 is 0 Å². The number of ether oxygens (including phenoxy) is 1. The number of likely N-dealkylation sites (tertiary alicyclic amines) is 1. The van der Waals surface area contributed by atoms with Gasteiger partial charge in [-0.15, -0.1) is 0 Å². The molecule has 3 atom stereocenters. The van der Waals surface area contributed by atoms with Gasteiger partial charge in [-0.05, 0) is 79.9 Å². The minimum Gasteiger partial charge on any atom is -0.508 e. The Morgan fingerprint density at radius 1 is 1.03 bits per heavy atom. The first-order valence-corrected chi connectivity index (χ1v) is 12.3. The number of rotatable bonds is 4. The molecule has 3 aromatic rings. The van der Waals surface area contributed by atoms with Gasteiger partial charge in [0.1, 0.15) is 11.4 Å². The predicted octanol–water partition coefficient (Wildman–Crippen LogP) is 4.40. The summed E-state index contributed by atoms with van der Waals surface area (Å²) in [7, 11) is 2.05. The molecule has 2 N–H and O–H groups in total. The van der Waals surface area contributed by atoms with E-state index in [1.54, 1.807) is 12.1 Å². The number of likely N-dealkylation sites (N-methyl/N-ethyl adjacent to an activating group) is 1. The van der Waals surface area contributed by atoms with Crippen LogP contribution in [0.3, 0.4) is 0 Å². The Kier molecular flexibility index (Phi) is 6.01. The van der Waals surface area contributed by atoms with Crippen LogP contribution in [0, 0.1) is 0 Å². The summed E-state index contributed by atoms with van der Waals surface area (Å²) in [6.07, 6.45) is 2.75. The molecule has 6 nitrogen and oxygen atoms in total. The summed E-state index contributed by atoms with van der Waals surface area (Å²) >= 11 is 0. The lowest BCUT2D eigenvalue weighted by Crippen LogP contribution is -2.68. The van der Waals surface area contributed by atoms with Crippen molar-refractivity contribution in [2.24, 2.45) is 0 Å². The van der Waals surface area contributed by atoms with Crippen molar-refractivity contribution >= 4 is 22.6 Å². The zero-order chi connectivity index (χ0) is 24.6. The Bertz CT molecular complexity index is 1270. The Morgan fingerprint density at radius 2 is 1.83 bits per heavy atom. The summed E-state index contributed by atoms with van der Waals surface area (Å²) in [6.45, 7) is 2.92. The molecule has 2 aliphatic rings. The molecule has 1 amide bonds. The monoisotopic (exact) mass is 472 g/mol. The summed E-state index contributed by atoms with van der Waals surface area (Å²) in [6, 6.07) is 21.0. The standard InChI is InChI=1S/C29H32N2O4/c1-20(32)35-29-13-12-25(30-27(34)23-11-10-21-6-3-4-7-22(21)16-23)18-28(29,14-15-31(2)19-29)24-8-5-9-26(33)17-24/h3-11,16-17,25,33H,12-15,18-19H2,1-2H3,(H,30,34). The van der Waals surface area contributed by atoms with Crippen LogP contribution in [-0.2, 0) is 14.9 Å². The van der Waals surface area contributed by atoms with Crippen molar-refractivity contribution in [1.29, 1.82) is 0 Å². The smallest absolute Gasteiger partial charge is 0.303 e. The molecule has 0 spiro atoms. The van der Waals surface area contributed by atoms with Gasteiger partial charge >= 0.3 is 5.97 Å². The Morgan fingerprint density at radius 3 is 2.60 bits per heavy atom. The van der Waals surface area contributed by atoms with Gasteiger partial charge in [0.2, 0.25) is 0 Å². The fraction of sp³-hybridized carbons (Fsp3) is 0.379. The molecule has 2 fully saturated rings. The molecule has 5 rings (SSSR count). The van der Waals surface area contributed by atoms with Gasteiger partial charge in [-0.25, -0.2) is 0 Å². The number of benzene rings is 3. The lowest BCUT2D eigenvalue weighted by Gasteiger charge is -2.59. The summed E-state index contributed by atoms with van der Waals surface area (Å²) in [5, 5.41) is 15.7. The number of phenols is 1. The molecule has 1 heterocycles. The number of nitrogens with zero attached hydrogens (tertiary/aromatic N) is 1. The molecule has 0 bridgehead atoms. The quantitative estimate of drug-likeness (QED) is 0.550. The highest BCUT2D eigenvalue weighted by molar-refractivity contribution is 5.98. The third kappa shape index (κ3) is 4.27. The molecule has 0 aromatic heterocycles. The van der Waals surface area contributed by atoms with E-state index < -0.39 is 11.0 Å². The fourth-order valence-electron chi connectivity index (χ4n) is 6.32. The van der Waals surface area contributed by atoms with E-state index in [4.69, 9.17) is 4.74 Å². The van der Waals surface area contributed by atoms with Crippen molar-refractivity contribution in [3.8, 4) is 5.75 Å². The molecule has 3 aromatic carbocycles. The molecule has 1 aliphatic carbocycles. The second kappa shape index (κ2) is 9.00. The molecule has 1 saturated carbocycles. The van der Waals surface area contributed by atoms with Gasteiger partial charge in [0.05, 0.1) is 0 Å². The average Bonchev–Trinajstić information content (AvgIpc) is 2.83. The van der Waals surface area contributed by atoms with Crippen molar-refractivity contribution in [3.63, 3.8) is 0 Å². The Labute approximate surface area is 205 Å². The SMILES string of the molecule is CC(=O)OC12CCC(NC(=O)c3ccc4ccccc4c3)CC1(c1cccc(O)c1)CCN(C)C2. The van der Waals surface area contributed by atoms with Crippen LogP contribution in [0.5, 0.6) is 5.75 Å². The molecule has 1 saturated heterocycles. The third-order valence-electron chi connectivity index (χ3n) is 7.89. The maximum atomic E-state index is 13.3. The van der Waals surface area contributed by atoms with Gasteiger partial charge in [-0.1, -0.05) is 42.5 Å². The maximum absolute atomic E-state index is 13.3. The Hall–Kier alpha value is -3.38. The Balaban J connectivity index is 1.48. The highest BCUT2D eigenvalue weighted by Gasteiger charge is 2.60. The molecule has 3 unspecified atom stereocenters. The van der Waals surface area contributed by atoms with Crippen LogP contribution in [-0.4, -0.2) is 53.7 Å². The topological polar surface area (TPSA) is 78.9 Å². The van der Waals surface area contributed by atoms with E-state index in [0.717, 1.165) is 29.3 Å². The van der Waals surface area contributed by atoms with Gasteiger partial charge in [0.15, 0.2) is 0 Å². The van der Waals surface area contributed by atoms with Crippen LogP contribution in [0.1, 0.15) is 48.5 Å². The summed E-state index contributed by atoms with van der Waals surface area (Å²) in [4.78, 5) is 27.8. The van der Waals surface area contributed by atoms with E-state index in [2.05, 4.69) is 10.2 Å². The van der Waals surface area contributed by atoms with Crippen molar-refractivity contribution in [3.05, 3.63) is 77.9 Å². The summed E-state index contributed by atoms with van der Waals surface area (Å²) < 4.78 is 6.16. The van der Waals surface area contributed by atoms with E-state index in [1.807, 2.05) is 61.6 Å². The average molecular weight is 473 g/mol. The minimum absolute atomic E-state index is 0.0802. The largest absolute Gasteiger partial charge is 0.508 e. The van der Waals surface area contributed by atoms with E-state index in [9.17, 15) is 14.7 Å². The second-order valence-corrected chi connectivity index (χ2v) is 10.2. The number of fused-ring (bicyclic) bond motifs is 2. The van der Waals surface area contributed by atoms with Crippen LogP contribution in [0.2, 0.25) is 0 Å². The lowest BCUT2D eigenvalue weighted by atomic mass is 9.55. The maximum Gasteiger partial charge on any atom is 0.303 e. The van der Waals surface area contributed by atoms with Gasteiger partial charge < -0.3 is 20.1 Å². The van der Waals surface area contributed by atoms with Crippen molar-refractivity contribution in [1.82, 2.24) is 10.2 Å². The van der Waals surface area contributed by atoms with E-state index >= 15 is 0 Å². The van der Waals surface area contributed by atoms with E-state index in [-0.39, 0.29) is 23.7 Å². The third-order valence-corrected chi connectivity index (χ3v) is 7.89. The molecule has 6 heteroatoms. The molecular weight excluding hydrogens is 440 g/mol. The van der Waals surface area contributed by atoms with Gasteiger partial charge in [-0.3, -0.25) is 9.59 Å². The van der Waals surface area contributed by atoms with Gasteiger partial charge in [-0.2, -0.15) is 0 Å².